The highest BCUT2D eigenvalue weighted by Crippen LogP contribution is 2.26. The van der Waals surface area contributed by atoms with Crippen LogP contribution in [0.15, 0.2) is 35.1 Å². The molecule has 1 atom stereocenters. The van der Waals surface area contributed by atoms with E-state index in [1.165, 1.54) is 0 Å². The maximum Gasteiger partial charge on any atom is 0.253 e. The van der Waals surface area contributed by atoms with E-state index in [0.717, 1.165) is 12.2 Å². The van der Waals surface area contributed by atoms with Gasteiger partial charge in [0.1, 0.15) is 5.82 Å². The molecule has 2 aromatic rings. The van der Waals surface area contributed by atoms with Gasteiger partial charge in [-0.2, -0.15) is 0 Å². The number of nitrogens with one attached hydrogen (secondary N) is 2. The van der Waals surface area contributed by atoms with Crippen molar-refractivity contribution in [1.82, 2.24) is 15.3 Å². The van der Waals surface area contributed by atoms with Gasteiger partial charge >= 0.3 is 0 Å². The lowest BCUT2D eigenvalue weighted by Crippen LogP contribution is -2.29. The van der Waals surface area contributed by atoms with Crippen molar-refractivity contribution < 1.29 is 4.79 Å². The first-order chi connectivity index (χ1) is 9.13. The zero-order chi connectivity index (χ0) is 13.8. The van der Waals surface area contributed by atoms with E-state index in [4.69, 9.17) is 11.6 Å². The lowest BCUT2D eigenvalue weighted by molar-refractivity contribution is 0.0934. The number of halogens is 2. The molecule has 0 spiro atoms. The third-order valence-corrected chi connectivity index (χ3v) is 4.06. The van der Waals surface area contributed by atoms with Gasteiger partial charge in [0, 0.05) is 16.9 Å². The van der Waals surface area contributed by atoms with E-state index >= 15 is 0 Å². The normalized spacial score (nSPS) is 12.2. The Hall–Kier alpha value is -1.33. The zero-order valence-corrected chi connectivity index (χ0v) is 12.6. The van der Waals surface area contributed by atoms with Crippen LogP contribution in [0.25, 0.3) is 0 Å². The molecule has 1 heterocycles. The molecule has 4 nitrogen and oxygen atoms in total. The standard InChI is InChI=1S/C13H13BrClN3O/c1-2-10(12-16-6-7-17-12)18-13(19)8-4-3-5-9(14)11(8)15/h3-7,10H,2H2,1H3,(H,16,17)(H,18,19). The van der Waals surface area contributed by atoms with Gasteiger partial charge in [0.2, 0.25) is 0 Å². The van der Waals surface area contributed by atoms with Crippen molar-refractivity contribution in [2.75, 3.05) is 0 Å². The SMILES string of the molecule is CCC(NC(=O)c1cccc(Br)c1Cl)c1ncc[nH]1. The summed E-state index contributed by atoms with van der Waals surface area (Å²) in [6.07, 6.45) is 4.14. The summed E-state index contributed by atoms with van der Waals surface area (Å²) in [5, 5.41) is 3.33. The highest BCUT2D eigenvalue weighted by Gasteiger charge is 2.18. The van der Waals surface area contributed by atoms with Crippen LogP contribution in [0.3, 0.4) is 0 Å². The van der Waals surface area contributed by atoms with Crippen molar-refractivity contribution in [2.45, 2.75) is 19.4 Å². The van der Waals surface area contributed by atoms with Crippen LogP contribution in [0.2, 0.25) is 5.02 Å². The number of aromatic nitrogens is 2. The van der Waals surface area contributed by atoms with Gasteiger partial charge in [-0.3, -0.25) is 4.79 Å². The minimum atomic E-state index is -0.213. The summed E-state index contributed by atoms with van der Waals surface area (Å²) >= 11 is 9.41. The number of rotatable bonds is 4. The van der Waals surface area contributed by atoms with Crippen LogP contribution in [-0.4, -0.2) is 15.9 Å². The van der Waals surface area contributed by atoms with E-state index in [9.17, 15) is 4.79 Å². The first-order valence-electron chi connectivity index (χ1n) is 5.87. The van der Waals surface area contributed by atoms with Crippen molar-refractivity contribution in [1.29, 1.82) is 0 Å². The minimum absolute atomic E-state index is 0.155. The molecule has 19 heavy (non-hydrogen) atoms. The van der Waals surface area contributed by atoms with Crippen molar-refractivity contribution in [3.05, 3.63) is 51.5 Å². The van der Waals surface area contributed by atoms with E-state index in [1.54, 1.807) is 30.6 Å². The molecule has 0 saturated carbocycles. The molecule has 0 aliphatic rings. The predicted molar refractivity (Wildman–Crippen MR) is 78.2 cm³/mol. The predicted octanol–water partition coefficient (Wildman–Crippen LogP) is 3.71. The lowest BCUT2D eigenvalue weighted by atomic mass is 10.1. The molecule has 2 N–H and O–H groups in total. The van der Waals surface area contributed by atoms with Gasteiger partial charge < -0.3 is 10.3 Å². The summed E-state index contributed by atoms with van der Waals surface area (Å²) in [4.78, 5) is 19.4. The molecule has 0 saturated heterocycles. The van der Waals surface area contributed by atoms with Crippen LogP contribution >= 0.6 is 27.5 Å². The molecule has 0 fully saturated rings. The Labute approximate surface area is 124 Å². The van der Waals surface area contributed by atoms with Crippen LogP contribution in [0, 0.1) is 0 Å². The largest absolute Gasteiger partial charge is 0.347 e. The topological polar surface area (TPSA) is 57.8 Å². The Bertz CT molecular complexity index is 571. The van der Waals surface area contributed by atoms with Gasteiger partial charge in [0.15, 0.2) is 0 Å². The summed E-state index contributed by atoms with van der Waals surface area (Å²) in [6.45, 7) is 1.98. The number of hydrogen-bond acceptors (Lipinski definition) is 2. The van der Waals surface area contributed by atoms with Crippen LogP contribution in [0.4, 0.5) is 0 Å². The van der Waals surface area contributed by atoms with E-state index in [1.807, 2.05) is 6.92 Å². The quantitative estimate of drug-likeness (QED) is 0.890. The number of aromatic amines is 1. The molecule has 0 bridgehead atoms. The monoisotopic (exact) mass is 341 g/mol. The number of hydrogen-bond donors (Lipinski definition) is 2. The van der Waals surface area contributed by atoms with Crippen LogP contribution in [0.5, 0.6) is 0 Å². The van der Waals surface area contributed by atoms with E-state index in [-0.39, 0.29) is 11.9 Å². The molecule has 0 radical (unpaired) electrons. The fourth-order valence-electron chi connectivity index (χ4n) is 1.75. The molecule has 0 aliphatic carbocycles. The molecule has 100 valence electrons. The number of nitrogens with zero attached hydrogens (tertiary/aromatic N) is 1. The summed E-state index contributed by atoms with van der Waals surface area (Å²) < 4.78 is 0.702. The number of H-pyrrole nitrogens is 1. The Morgan fingerprint density at radius 3 is 3.00 bits per heavy atom. The molecule has 6 heteroatoms. The van der Waals surface area contributed by atoms with E-state index in [0.29, 0.717) is 15.1 Å². The summed E-state index contributed by atoms with van der Waals surface area (Å²) in [5.41, 5.74) is 0.445. The van der Waals surface area contributed by atoms with Gasteiger partial charge in [-0.05, 0) is 34.5 Å². The molecular formula is C13H13BrClN3O. The average molecular weight is 343 g/mol. The van der Waals surface area contributed by atoms with Crippen LogP contribution in [0.1, 0.15) is 35.6 Å². The van der Waals surface area contributed by atoms with Gasteiger partial charge in [-0.15, -0.1) is 0 Å². The molecular weight excluding hydrogens is 330 g/mol. The second kappa shape index (κ2) is 6.21. The Kier molecular flexibility index (Phi) is 4.61. The highest BCUT2D eigenvalue weighted by molar-refractivity contribution is 9.10. The van der Waals surface area contributed by atoms with Crippen molar-refractivity contribution in [3.8, 4) is 0 Å². The molecule has 2 rings (SSSR count). The Balaban J connectivity index is 2.18. The van der Waals surface area contributed by atoms with Crippen molar-refractivity contribution in [2.24, 2.45) is 0 Å². The molecule has 1 unspecified atom stereocenters. The van der Waals surface area contributed by atoms with Gasteiger partial charge in [-0.25, -0.2) is 4.98 Å². The summed E-state index contributed by atoms with van der Waals surface area (Å²) in [7, 11) is 0. The van der Waals surface area contributed by atoms with Gasteiger partial charge in [-0.1, -0.05) is 24.6 Å². The Morgan fingerprint density at radius 1 is 1.58 bits per heavy atom. The maximum absolute atomic E-state index is 12.2. The van der Waals surface area contributed by atoms with Gasteiger partial charge in [0.05, 0.1) is 16.6 Å². The fourth-order valence-corrected chi connectivity index (χ4v) is 2.32. The molecule has 1 aromatic carbocycles. The maximum atomic E-state index is 12.2. The highest BCUT2D eigenvalue weighted by atomic mass is 79.9. The summed E-state index contributed by atoms with van der Waals surface area (Å²) in [6, 6.07) is 5.11. The third-order valence-electron chi connectivity index (χ3n) is 2.76. The van der Waals surface area contributed by atoms with Crippen LogP contribution < -0.4 is 5.32 Å². The first kappa shape index (κ1) is 14.1. The average Bonchev–Trinajstić information content (AvgIpc) is 2.92. The molecule has 0 aliphatic heterocycles. The molecule has 1 amide bonds. The van der Waals surface area contributed by atoms with E-state index < -0.39 is 0 Å². The summed E-state index contributed by atoms with van der Waals surface area (Å²) in [5.74, 6) is 0.525. The number of carbonyl (C=O) groups excluding carboxylic acids is 1. The third kappa shape index (κ3) is 3.16. The van der Waals surface area contributed by atoms with Gasteiger partial charge in [0.25, 0.3) is 5.91 Å². The van der Waals surface area contributed by atoms with Crippen LogP contribution in [-0.2, 0) is 0 Å². The second-order valence-corrected chi connectivity index (χ2v) is 5.24. The minimum Gasteiger partial charge on any atom is -0.347 e. The lowest BCUT2D eigenvalue weighted by Gasteiger charge is -2.15. The fraction of sp³-hybridized carbons (Fsp3) is 0.231. The van der Waals surface area contributed by atoms with Crippen molar-refractivity contribution >= 4 is 33.4 Å². The molecule has 1 aromatic heterocycles. The van der Waals surface area contributed by atoms with Crippen molar-refractivity contribution in [3.63, 3.8) is 0 Å². The smallest absolute Gasteiger partial charge is 0.253 e. The second-order valence-electron chi connectivity index (χ2n) is 4.01. The number of benzene rings is 1. The zero-order valence-electron chi connectivity index (χ0n) is 10.3. The number of carbonyl (C=O) groups is 1. The number of amides is 1. The number of imidazole rings is 1. The first-order valence-corrected chi connectivity index (χ1v) is 7.04. The van der Waals surface area contributed by atoms with E-state index in [2.05, 4.69) is 31.2 Å². The Morgan fingerprint density at radius 2 is 2.37 bits per heavy atom.